The average molecular weight is 635 g/mol. The van der Waals surface area contributed by atoms with Crippen LogP contribution in [0.15, 0.2) is 114 Å². The fourth-order valence-corrected chi connectivity index (χ4v) is 5.75. The Labute approximate surface area is 258 Å². The van der Waals surface area contributed by atoms with Crippen LogP contribution in [0.25, 0.3) is 10.8 Å². The summed E-state index contributed by atoms with van der Waals surface area (Å²) in [6, 6.07) is 27.8. The van der Waals surface area contributed by atoms with Crippen LogP contribution in [0.3, 0.4) is 0 Å². The molecule has 0 bridgehead atoms. The molecule has 1 unspecified atom stereocenters. The third kappa shape index (κ3) is 6.88. The number of thioether (sulfide) groups is 1. The number of carbonyl (C=O) groups excluding carboxylic acids is 2. The van der Waals surface area contributed by atoms with Gasteiger partial charge >= 0.3 is 12.1 Å². The van der Waals surface area contributed by atoms with E-state index in [4.69, 9.17) is 11.6 Å². The molecule has 44 heavy (non-hydrogen) atoms. The lowest BCUT2D eigenvalue weighted by molar-refractivity contribution is -0.137. The Morgan fingerprint density at radius 1 is 0.773 bits per heavy atom. The molecule has 5 rings (SSSR count). The van der Waals surface area contributed by atoms with Crippen LogP contribution in [0.1, 0.15) is 37.1 Å². The SMILES string of the molecule is O=C(O)c1cccc2cccc(C(=O)Nc3ccc(SC(C(=O)Nc4cc(C(F)(F)F)ccc4Cl)c4ccccc4)cc3)c12. The molecule has 222 valence electrons. The van der Waals surface area contributed by atoms with Crippen molar-refractivity contribution in [2.24, 2.45) is 0 Å². The number of carbonyl (C=O) groups is 3. The standard InChI is InChI=1S/C33H22ClF3N2O4S/c34-26-17-12-21(33(35,36)37)18-27(26)39-31(41)29(20-6-2-1-3-7-20)44-23-15-13-22(14-16-23)38-30(40)24-10-4-8-19-9-5-11-25(28(19)24)32(42)43/h1-18,29H,(H,38,40)(H,39,41)(H,42,43). The maximum atomic E-state index is 13.4. The molecule has 0 aromatic heterocycles. The van der Waals surface area contributed by atoms with Crippen molar-refractivity contribution in [1.29, 1.82) is 0 Å². The van der Waals surface area contributed by atoms with Gasteiger partial charge in [0.2, 0.25) is 5.91 Å². The number of amides is 2. The maximum absolute atomic E-state index is 13.4. The minimum atomic E-state index is -4.61. The number of benzene rings is 5. The van der Waals surface area contributed by atoms with Crippen molar-refractivity contribution in [2.75, 3.05) is 10.6 Å². The van der Waals surface area contributed by atoms with Gasteiger partial charge in [-0.15, -0.1) is 11.8 Å². The minimum Gasteiger partial charge on any atom is -0.478 e. The van der Waals surface area contributed by atoms with E-state index in [9.17, 15) is 32.7 Å². The molecule has 5 aromatic rings. The first-order valence-electron chi connectivity index (χ1n) is 13.1. The predicted molar refractivity (Wildman–Crippen MR) is 165 cm³/mol. The summed E-state index contributed by atoms with van der Waals surface area (Å²) < 4.78 is 39.8. The van der Waals surface area contributed by atoms with E-state index < -0.39 is 34.8 Å². The van der Waals surface area contributed by atoms with Crippen LogP contribution < -0.4 is 10.6 Å². The molecule has 0 radical (unpaired) electrons. The van der Waals surface area contributed by atoms with Crippen molar-refractivity contribution < 1.29 is 32.7 Å². The number of nitrogens with one attached hydrogen (secondary N) is 2. The second-order valence-electron chi connectivity index (χ2n) is 9.58. The second-order valence-corrected chi connectivity index (χ2v) is 11.2. The van der Waals surface area contributed by atoms with Crippen LogP contribution in [-0.2, 0) is 11.0 Å². The fourth-order valence-electron chi connectivity index (χ4n) is 4.56. The topological polar surface area (TPSA) is 95.5 Å². The Balaban J connectivity index is 1.36. The van der Waals surface area contributed by atoms with E-state index >= 15 is 0 Å². The molecule has 6 nitrogen and oxygen atoms in total. The van der Waals surface area contributed by atoms with Gasteiger partial charge in [0.1, 0.15) is 5.25 Å². The van der Waals surface area contributed by atoms with E-state index in [0.717, 1.165) is 30.0 Å². The largest absolute Gasteiger partial charge is 0.478 e. The first kappa shape index (κ1) is 30.7. The summed E-state index contributed by atoms with van der Waals surface area (Å²) >= 11 is 7.27. The minimum absolute atomic E-state index is 0.0108. The predicted octanol–water partition coefficient (Wildman–Crippen LogP) is 8.93. The molecule has 3 N–H and O–H groups in total. The number of rotatable bonds is 8. The van der Waals surface area contributed by atoms with Crippen molar-refractivity contribution >= 4 is 63.3 Å². The van der Waals surface area contributed by atoms with E-state index in [2.05, 4.69) is 10.6 Å². The van der Waals surface area contributed by atoms with Gasteiger partial charge in [-0.3, -0.25) is 9.59 Å². The molecule has 0 saturated heterocycles. The van der Waals surface area contributed by atoms with Gasteiger partial charge in [0.25, 0.3) is 5.91 Å². The molecule has 0 saturated carbocycles. The molecular weight excluding hydrogens is 613 g/mol. The Morgan fingerprint density at radius 2 is 1.43 bits per heavy atom. The van der Waals surface area contributed by atoms with Gasteiger partial charge in [0, 0.05) is 21.5 Å². The highest BCUT2D eigenvalue weighted by Gasteiger charge is 2.31. The highest BCUT2D eigenvalue weighted by atomic mass is 35.5. The highest BCUT2D eigenvalue weighted by Crippen LogP contribution is 2.39. The number of hydrogen-bond acceptors (Lipinski definition) is 4. The zero-order valence-corrected chi connectivity index (χ0v) is 24.1. The summed E-state index contributed by atoms with van der Waals surface area (Å²) in [5.74, 6) is -2.22. The number of anilines is 2. The lowest BCUT2D eigenvalue weighted by Gasteiger charge is -2.19. The number of halogens is 4. The number of carboxylic acids is 1. The molecule has 1 atom stereocenters. The first-order valence-corrected chi connectivity index (χ1v) is 14.3. The van der Waals surface area contributed by atoms with Crippen molar-refractivity contribution in [3.05, 3.63) is 136 Å². The fraction of sp³-hybridized carbons (Fsp3) is 0.0606. The smallest absolute Gasteiger partial charge is 0.416 e. The number of aromatic carboxylic acids is 1. The zero-order chi connectivity index (χ0) is 31.4. The van der Waals surface area contributed by atoms with Crippen molar-refractivity contribution in [3.8, 4) is 0 Å². The lowest BCUT2D eigenvalue weighted by atomic mass is 9.98. The molecular formula is C33H22ClF3N2O4S. The average Bonchev–Trinajstić information content (AvgIpc) is 3.00. The highest BCUT2D eigenvalue weighted by molar-refractivity contribution is 8.00. The quantitative estimate of drug-likeness (QED) is 0.148. The number of fused-ring (bicyclic) bond motifs is 1. The van der Waals surface area contributed by atoms with Gasteiger partial charge in [-0.25, -0.2) is 4.79 Å². The van der Waals surface area contributed by atoms with E-state index in [-0.39, 0.29) is 21.8 Å². The molecule has 2 amide bonds. The van der Waals surface area contributed by atoms with Crippen molar-refractivity contribution in [3.63, 3.8) is 0 Å². The first-order chi connectivity index (χ1) is 21.0. The third-order valence-corrected chi connectivity index (χ3v) is 8.23. The van der Waals surface area contributed by atoms with Gasteiger partial charge in [-0.2, -0.15) is 13.2 Å². The summed E-state index contributed by atoms with van der Waals surface area (Å²) in [4.78, 5) is 39.0. The Kier molecular flexibility index (Phi) is 8.93. The number of carboxylic acid groups (broad SMARTS) is 1. The van der Waals surface area contributed by atoms with Gasteiger partial charge in [-0.05, 0) is 65.5 Å². The molecule has 0 aliphatic rings. The van der Waals surface area contributed by atoms with Gasteiger partial charge in [0.05, 0.1) is 21.8 Å². The molecule has 5 aromatic carbocycles. The number of alkyl halides is 3. The van der Waals surface area contributed by atoms with Crippen LogP contribution in [0.4, 0.5) is 24.5 Å². The van der Waals surface area contributed by atoms with E-state index in [0.29, 0.717) is 26.9 Å². The molecule has 0 aliphatic carbocycles. The molecule has 0 spiro atoms. The second kappa shape index (κ2) is 12.8. The summed E-state index contributed by atoms with van der Waals surface area (Å²) in [6.07, 6.45) is -4.61. The van der Waals surface area contributed by atoms with Crippen molar-refractivity contribution in [1.82, 2.24) is 0 Å². The van der Waals surface area contributed by atoms with Gasteiger partial charge in [-0.1, -0.05) is 66.2 Å². The monoisotopic (exact) mass is 634 g/mol. The molecule has 11 heteroatoms. The van der Waals surface area contributed by atoms with E-state index in [1.807, 2.05) is 0 Å². The lowest BCUT2D eigenvalue weighted by Crippen LogP contribution is -2.19. The van der Waals surface area contributed by atoms with Crippen LogP contribution in [-0.4, -0.2) is 22.9 Å². The van der Waals surface area contributed by atoms with Gasteiger partial charge in [0.15, 0.2) is 0 Å². The summed E-state index contributed by atoms with van der Waals surface area (Å²) in [5.41, 5.74) is 0.151. The van der Waals surface area contributed by atoms with Gasteiger partial charge < -0.3 is 15.7 Å². The van der Waals surface area contributed by atoms with Crippen LogP contribution in [0.5, 0.6) is 0 Å². The molecule has 0 aliphatic heterocycles. The Hall–Kier alpha value is -4.80. The third-order valence-electron chi connectivity index (χ3n) is 6.64. The Morgan fingerprint density at radius 3 is 2.07 bits per heavy atom. The normalized spacial score (nSPS) is 12.0. The Bertz CT molecular complexity index is 1860. The van der Waals surface area contributed by atoms with Crippen LogP contribution in [0.2, 0.25) is 5.02 Å². The summed E-state index contributed by atoms with van der Waals surface area (Å²) in [5, 5.41) is 15.0. The van der Waals surface area contributed by atoms with Crippen molar-refractivity contribution in [2.45, 2.75) is 16.3 Å². The molecule has 0 heterocycles. The van der Waals surface area contributed by atoms with Crippen LogP contribution >= 0.6 is 23.4 Å². The maximum Gasteiger partial charge on any atom is 0.416 e. The molecule has 0 fully saturated rings. The van der Waals surface area contributed by atoms with Crippen LogP contribution in [0, 0.1) is 0 Å². The van der Waals surface area contributed by atoms with E-state index in [1.54, 1.807) is 84.9 Å². The number of hydrogen-bond donors (Lipinski definition) is 3. The van der Waals surface area contributed by atoms with E-state index in [1.165, 1.54) is 6.07 Å². The zero-order valence-electron chi connectivity index (χ0n) is 22.6. The summed E-state index contributed by atoms with van der Waals surface area (Å²) in [7, 11) is 0. The summed E-state index contributed by atoms with van der Waals surface area (Å²) in [6.45, 7) is 0.